The molecule has 0 saturated carbocycles. The van der Waals surface area contributed by atoms with Gasteiger partial charge in [0.15, 0.2) is 9.04 Å². The van der Waals surface area contributed by atoms with Crippen LogP contribution < -0.4 is 0 Å². The van der Waals surface area contributed by atoms with Gasteiger partial charge in [-0.15, -0.1) is 0 Å². The molecule has 17 heavy (non-hydrogen) atoms. The van der Waals surface area contributed by atoms with Crippen LogP contribution in [-0.2, 0) is 16.8 Å². The van der Waals surface area contributed by atoms with Crippen LogP contribution in [0.1, 0.15) is 20.3 Å². The van der Waals surface area contributed by atoms with Crippen LogP contribution in [-0.4, -0.2) is 41.4 Å². The fourth-order valence-corrected chi connectivity index (χ4v) is 16.4. The molecule has 4 nitrogen and oxygen atoms in total. The standard InChI is InChI=1S/C9H26O4Si4/c1-8-9(2)10-15(4)11-16(5)13-17(6,7)12-14(9)3/h14-16H,8H2,1-7H3/t9-,14?,15?,16?/m0/s1. The summed E-state index contributed by atoms with van der Waals surface area (Å²) in [5.74, 6) is 0. The van der Waals surface area contributed by atoms with Crippen molar-refractivity contribution in [3.63, 3.8) is 0 Å². The zero-order chi connectivity index (χ0) is 13.3. The van der Waals surface area contributed by atoms with Crippen LogP contribution in [0.5, 0.6) is 0 Å². The minimum Gasteiger partial charge on any atom is -0.437 e. The molecule has 1 rings (SSSR count). The molecule has 0 radical (unpaired) electrons. The van der Waals surface area contributed by atoms with Gasteiger partial charge in [-0.3, -0.25) is 0 Å². The number of hydrogen-bond acceptors (Lipinski definition) is 4. The Kier molecular flexibility index (Phi) is 5.36. The molecule has 1 heterocycles. The van der Waals surface area contributed by atoms with Gasteiger partial charge in [-0.25, -0.2) is 0 Å². The molecule has 0 aromatic carbocycles. The molecule has 0 amide bonds. The Bertz CT molecular complexity index is 265. The summed E-state index contributed by atoms with van der Waals surface area (Å²) in [6, 6.07) is 0. The molecule has 4 atom stereocenters. The topological polar surface area (TPSA) is 36.9 Å². The Morgan fingerprint density at radius 3 is 2.18 bits per heavy atom. The van der Waals surface area contributed by atoms with E-state index >= 15 is 0 Å². The van der Waals surface area contributed by atoms with Crippen LogP contribution in [0.15, 0.2) is 0 Å². The lowest BCUT2D eigenvalue weighted by molar-refractivity contribution is 0.127. The average Bonchev–Trinajstić information content (AvgIpc) is 2.15. The second kappa shape index (κ2) is 5.78. The molecule has 1 fully saturated rings. The first-order chi connectivity index (χ1) is 7.68. The fraction of sp³-hybridized carbons (Fsp3) is 1.00. The second-order valence-corrected chi connectivity index (χ2v) is 16.1. The smallest absolute Gasteiger partial charge is 0.312 e. The maximum absolute atomic E-state index is 6.29. The van der Waals surface area contributed by atoms with Gasteiger partial charge in [0.2, 0.25) is 0 Å². The fourth-order valence-electron chi connectivity index (χ4n) is 2.15. The summed E-state index contributed by atoms with van der Waals surface area (Å²) in [6.45, 7) is 15.0. The number of rotatable bonds is 1. The third-order valence-corrected chi connectivity index (χ3v) is 17.0. The minimum absolute atomic E-state index is 0.113. The van der Waals surface area contributed by atoms with Gasteiger partial charge >= 0.3 is 17.8 Å². The molecule has 0 bridgehead atoms. The lowest BCUT2D eigenvalue weighted by atomic mass is 10.3. The maximum Gasteiger partial charge on any atom is 0.312 e. The SMILES string of the molecule is CC[C@@]1(C)O[SiH](C)O[SiH](C)O[Si](C)(C)O[SiH]1C. The van der Waals surface area contributed by atoms with Crippen molar-refractivity contribution in [2.45, 2.75) is 58.2 Å². The summed E-state index contributed by atoms with van der Waals surface area (Å²) in [5, 5.41) is -0.113. The van der Waals surface area contributed by atoms with Crippen molar-refractivity contribution in [2.75, 3.05) is 0 Å². The van der Waals surface area contributed by atoms with Gasteiger partial charge in [-0.05, 0) is 46.1 Å². The molecule has 3 unspecified atom stereocenters. The predicted octanol–water partition coefficient (Wildman–Crippen LogP) is 1.53. The highest BCUT2D eigenvalue weighted by Gasteiger charge is 2.42. The van der Waals surface area contributed by atoms with Crippen LogP contribution in [0.4, 0.5) is 0 Å². The van der Waals surface area contributed by atoms with Gasteiger partial charge in [0.25, 0.3) is 9.28 Å². The Morgan fingerprint density at radius 2 is 1.65 bits per heavy atom. The highest BCUT2D eigenvalue weighted by atomic mass is 28.5. The first kappa shape index (κ1) is 15.8. The monoisotopic (exact) mass is 310 g/mol. The zero-order valence-corrected chi connectivity index (χ0v) is 16.5. The summed E-state index contributed by atoms with van der Waals surface area (Å²) in [6.07, 6.45) is 0.988. The summed E-state index contributed by atoms with van der Waals surface area (Å²) in [4.78, 5) is 0. The van der Waals surface area contributed by atoms with Gasteiger partial charge in [-0.1, -0.05) is 6.92 Å². The maximum atomic E-state index is 6.29. The van der Waals surface area contributed by atoms with Crippen LogP contribution in [0.3, 0.4) is 0 Å². The molecule has 0 spiro atoms. The lowest BCUT2D eigenvalue weighted by Gasteiger charge is -2.37. The molecule has 1 saturated heterocycles. The van der Waals surface area contributed by atoms with E-state index in [1.54, 1.807) is 0 Å². The van der Waals surface area contributed by atoms with E-state index in [1.165, 1.54) is 0 Å². The van der Waals surface area contributed by atoms with Crippen molar-refractivity contribution in [1.82, 2.24) is 0 Å². The van der Waals surface area contributed by atoms with Crippen LogP contribution in [0.2, 0.25) is 32.7 Å². The first-order valence-electron chi connectivity index (χ1n) is 6.37. The van der Waals surface area contributed by atoms with Gasteiger partial charge in [0.1, 0.15) is 0 Å². The van der Waals surface area contributed by atoms with Crippen molar-refractivity contribution in [2.24, 2.45) is 0 Å². The lowest BCUT2D eigenvalue weighted by Crippen LogP contribution is -2.52. The molecule has 1 aliphatic heterocycles. The van der Waals surface area contributed by atoms with Gasteiger partial charge in [0, 0.05) is 0 Å². The minimum atomic E-state index is -2.03. The van der Waals surface area contributed by atoms with E-state index in [-0.39, 0.29) is 5.22 Å². The molecule has 102 valence electrons. The van der Waals surface area contributed by atoms with Crippen LogP contribution in [0, 0.1) is 0 Å². The molecule has 0 aromatic heterocycles. The summed E-state index contributed by atoms with van der Waals surface area (Å²) in [7, 11) is -6.61. The Morgan fingerprint density at radius 1 is 1.06 bits per heavy atom. The largest absolute Gasteiger partial charge is 0.437 e. The third-order valence-electron chi connectivity index (χ3n) is 3.29. The second-order valence-electron chi connectivity index (χ2n) is 5.33. The van der Waals surface area contributed by atoms with Crippen molar-refractivity contribution < 1.29 is 16.8 Å². The van der Waals surface area contributed by atoms with E-state index in [4.69, 9.17) is 16.8 Å². The Labute approximate surface area is 111 Å². The van der Waals surface area contributed by atoms with Crippen molar-refractivity contribution in [3.05, 3.63) is 0 Å². The Hall–Kier alpha value is 0.708. The van der Waals surface area contributed by atoms with E-state index in [1.807, 2.05) is 0 Å². The van der Waals surface area contributed by atoms with E-state index in [9.17, 15) is 0 Å². The van der Waals surface area contributed by atoms with Gasteiger partial charge in [-0.2, -0.15) is 0 Å². The average molecular weight is 311 g/mol. The molecular weight excluding hydrogens is 284 g/mol. The molecular formula is C9H26O4Si4. The highest BCUT2D eigenvalue weighted by molar-refractivity contribution is 6.79. The third kappa shape index (κ3) is 4.39. The van der Waals surface area contributed by atoms with Crippen LogP contribution in [0.25, 0.3) is 0 Å². The molecule has 0 aromatic rings. The van der Waals surface area contributed by atoms with E-state index in [0.29, 0.717) is 0 Å². The summed E-state index contributed by atoms with van der Waals surface area (Å²) >= 11 is 0. The first-order valence-corrected chi connectivity index (χ1v) is 15.6. The van der Waals surface area contributed by atoms with Crippen molar-refractivity contribution in [1.29, 1.82) is 0 Å². The predicted molar refractivity (Wildman–Crippen MR) is 79.6 cm³/mol. The molecule has 0 N–H and O–H groups in total. The normalized spacial score (nSPS) is 43.6. The van der Waals surface area contributed by atoms with Gasteiger partial charge in [0.05, 0.1) is 5.22 Å². The highest BCUT2D eigenvalue weighted by Crippen LogP contribution is 2.26. The van der Waals surface area contributed by atoms with Gasteiger partial charge < -0.3 is 16.8 Å². The molecule has 1 aliphatic rings. The Balaban J connectivity index is 2.92. The number of hydrogen-bond donors (Lipinski definition) is 0. The van der Waals surface area contributed by atoms with Crippen molar-refractivity contribution in [3.8, 4) is 0 Å². The quantitative estimate of drug-likeness (QED) is 0.688. The van der Waals surface area contributed by atoms with E-state index in [2.05, 4.69) is 46.6 Å². The summed E-state index contributed by atoms with van der Waals surface area (Å²) < 4.78 is 24.5. The van der Waals surface area contributed by atoms with Crippen molar-refractivity contribution >= 4 is 36.2 Å². The summed E-state index contributed by atoms with van der Waals surface area (Å²) in [5.41, 5.74) is 0. The van der Waals surface area contributed by atoms with E-state index in [0.717, 1.165) is 6.42 Å². The van der Waals surface area contributed by atoms with Crippen LogP contribution >= 0.6 is 0 Å². The van der Waals surface area contributed by atoms with E-state index < -0.39 is 36.2 Å². The zero-order valence-electron chi connectivity index (χ0n) is 12.1. The molecule has 8 heteroatoms. The molecule has 0 aliphatic carbocycles.